The van der Waals surface area contributed by atoms with Crippen molar-refractivity contribution >= 4 is 28.2 Å². The predicted octanol–water partition coefficient (Wildman–Crippen LogP) is 7.29. The SMILES string of the molecule is Cc1ccc2c(c1)COc1c(oc3ccc(C)cc13)N2c1cccc2c1CCCC2. The normalized spacial score (nSPS) is 15.2. The fraction of sp³-hybridized carbons (Fsp3) is 0.259. The molecule has 2 aliphatic rings. The molecule has 0 saturated carbocycles. The van der Waals surface area contributed by atoms with Crippen LogP contribution in [0, 0.1) is 13.8 Å². The van der Waals surface area contributed by atoms with Gasteiger partial charge in [0.1, 0.15) is 12.2 Å². The van der Waals surface area contributed by atoms with Crippen molar-refractivity contribution in [1.29, 1.82) is 0 Å². The first kappa shape index (κ1) is 17.6. The standard InChI is InChI=1S/C27H25NO2/c1-17-10-12-23-20(14-17)16-29-26-22-15-18(2)11-13-25(22)30-27(26)28(23)24-9-5-7-19-6-3-4-8-21(19)24/h5,7,9-15H,3-4,6,8,16H2,1-2H3. The van der Waals surface area contributed by atoms with Gasteiger partial charge in [0.15, 0.2) is 5.75 Å². The van der Waals surface area contributed by atoms with Crippen LogP contribution < -0.4 is 9.64 Å². The molecular formula is C27H25NO2. The lowest BCUT2D eigenvalue weighted by Gasteiger charge is -2.28. The van der Waals surface area contributed by atoms with Crippen LogP contribution in [0.5, 0.6) is 5.75 Å². The van der Waals surface area contributed by atoms with Gasteiger partial charge >= 0.3 is 0 Å². The van der Waals surface area contributed by atoms with Crippen LogP contribution in [0.15, 0.2) is 59.0 Å². The van der Waals surface area contributed by atoms with Crippen molar-refractivity contribution in [2.24, 2.45) is 0 Å². The number of aryl methyl sites for hydroxylation is 3. The molecule has 0 atom stereocenters. The minimum absolute atomic E-state index is 0.540. The number of furan rings is 1. The summed E-state index contributed by atoms with van der Waals surface area (Å²) in [6, 6.07) is 19.6. The Bertz CT molecular complexity index is 1280. The van der Waals surface area contributed by atoms with E-state index in [9.17, 15) is 0 Å². The maximum atomic E-state index is 6.47. The Morgan fingerprint density at radius 2 is 1.63 bits per heavy atom. The van der Waals surface area contributed by atoms with Gasteiger partial charge in [0.05, 0.1) is 16.8 Å². The zero-order valence-electron chi connectivity index (χ0n) is 17.5. The quantitative estimate of drug-likeness (QED) is 0.338. The largest absolute Gasteiger partial charge is 0.483 e. The Kier molecular flexibility index (Phi) is 3.92. The average Bonchev–Trinajstić information content (AvgIpc) is 3.02. The lowest BCUT2D eigenvalue weighted by molar-refractivity contribution is 0.311. The summed E-state index contributed by atoms with van der Waals surface area (Å²) in [5.41, 5.74) is 9.79. The zero-order valence-corrected chi connectivity index (χ0v) is 17.5. The van der Waals surface area contributed by atoms with E-state index in [1.165, 1.54) is 46.3 Å². The van der Waals surface area contributed by atoms with Gasteiger partial charge in [-0.1, -0.05) is 41.5 Å². The van der Waals surface area contributed by atoms with Crippen molar-refractivity contribution < 1.29 is 9.15 Å². The summed E-state index contributed by atoms with van der Waals surface area (Å²) in [7, 11) is 0. The van der Waals surface area contributed by atoms with Crippen LogP contribution >= 0.6 is 0 Å². The maximum Gasteiger partial charge on any atom is 0.248 e. The Morgan fingerprint density at radius 3 is 2.57 bits per heavy atom. The number of benzene rings is 3. The molecule has 3 heteroatoms. The smallest absolute Gasteiger partial charge is 0.248 e. The van der Waals surface area contributed by atoms with Crippen LogP contribution in [0.25, 0.3) is 11.0 Å². The van der Waals surface area contributed by atoms with E-state index in [2.05, 4.69) is 73.3 Å². The number of rotatable bonds is 1. The van der Waals surface area contributed by atoms with Gasteiger partial charge in [0.25, 0.3) is 0 Å². The van der Waals surface area contributed by atoms with E-state index in [4.69, 9.17) is 9.15 Å². The fourth-order valence-electron chi connectivity index (χ4n) is 4.98. The van der Waals surface area contributed by atoms with Crippen molar-refractivity contribution in [3.8, 4) is 5.75 Å². The van der Waals surface area contributed by atoms with E-state index in [0.29, 0.717) is 6.61 Å². The van der Waals surface area contributed by atoms with Crippen LogP contribution in [-0.2, 0) is 19.4 Å². The van der Waals surface area contributed by atoms with Crippen molar-refractivity contribution in [2.45, 2.75) is 46.1 Å². The molecule has 3 nitrogen and oxygen atoms in total. The molecule has 3 aromatic carbocycles. The van der Waals surface area contributed by atoms with Gasteiger partial charge in [0, 0.05) is 5.56 Å². The lowest BCUT2D eigenvalue weighted by Crippen LogP contribution is -2.15. The summed E-state index contributed by atoms with van der Waals surface area (Å²) >= 11 is 0. The van der Waals surface area contributed by atoms with Crippen molar-refractivity contribution in [3.63, 3.8) is 0 Å². The molecule has 4 aromatic rings. The number of anilines is 3. The molecule has 6 rings (SSSR count). The number of hydrogen-bond donors (Lipinski definition) is 0. The second-order valence-electron chi connectivity index (χ2n) is 8.61. The zero-order chi connectivity index (χ0) is 20.2. The highest BCUT2D eigenvalue weighted by Crippen LogP contribution is 2.51. The average molecular weight is 396 g/mol. The fourth-order valence-corrected chi connectivity index (χ4v) is 4.98. The first-order chi connectivity index (χ1) is 14.7. The summed E-state index contributed by atoms with van der Waals surface area (Å²) in [5.74, 6) is 1.63. The van der Waals surface area contributed by atoms with Crippen molar-refractivity contribution in [1.82, 2.24) is 0 Å². The molecule has 0 bridgehead atoms. The third-order valence-corrected chi connectivity index (χ3v) is 6.44. The van der Waals surface area contributed by atoms with E-state index in [1.807, 2.05) is 0 Å². The Hall–Kier alpha value is -3.20. The number of fused-ring (bicyclic) bond motifs is 5. The Morgan fingerprint density at radius 1 is 0.800 bits per heavy atom. The monoisotopic (exact) mass is 395 g/mol. The minimum Gasteiger partial charge on any atom is -0.483 e. The van der Waals surface area contributed by atoms with Crippen molar-refractivity contribution in [2.75, 3.05) is 4.90 Å². The van der Waals surface area contributed by atoms with Gasteiger partial charge in [-0.05, 0) is 74.9 Å². The van der Waals surface area contributed by atoms with Gasteiger partial charge in [-0.25, -0.2) is 0 Å². The van der Waals surface area contributed by atoms with Gasteiger partial charge in [-0.15, -0.1) is 0 Å². The molecule has 0 spiro atoms. The third kappa shape index (κ3) is 2.65. The Labute approximate surface area is 176 Å². The maximum absolute atomic E-state index is 6.47. The molecule has 2 heterocycles. The van der Waals surface area contributed by atoms with Gasteiger partial charge in [0.2, 0.25) is 5.88 Å². The van der Waals surface area contributed by atoms with E-state index in [1.54, 1.807) is 0 Å². The van der Waals surface area contributed by atoms with Crippen LogP contribution in [0.3, 0.4) is 0 Å². The van der Waals surface area contributed by atoms with Gasteiger partial charge < -0.3 is 9.15 Å². The molecule has 0 saturated heterocycles. The summed E-state index contributed by atoms with van der Waals surface area (Å²) in [6.45, 7) is 4.78. The molecule has 0 fully saturated rings. The molecule has 1 aliphatic carbocycles. The first-order valence-electron chi connectivity index (χ1n) is 10.9. The van der Waals surface area contributed by atoms with Crippen LogP contribution in [-0.4, -0.2) is 0 Å². The predicted molar refractivity (Wildman–Crippen MR) is 121 cm³/mol. The Balaban J connectivity index is 1.66. The molecule has 0 unspecified atom stereocenters. The van der Waals surface area contributed by atoms with Crippen molar-refractivity contribution in [3.05, 3.63) is 82.4 Å². The summed E-state index contributed by atoms with van der Waals surface area (Å²) < 4.78 is 12.9. The number of ether oxygens (including phenoxy) is 1. The van der Waals surface area contributed by atoms with Gasteiger partial charge in [-0.3, -0.25) is 4.90 Å². The molecule has 0 amide bonds. The highest BCUT2D eigenvalue weighted by molar-refractivity contribution is 5.95. The highest BCUT2D eigenvalue weighted by atomic mass is 16.5. The van der Waals surface area contributed by atoms with Crippen LogP contribution in [0.2, 0.25) is 0 Å². The summed E-state index contributed by atoms with van der Waals surface area (Å²) in [6.07, 6.45) is 4.77. The van der Waals surface area contributed by atoms with Gasteiger partial charge in [-0.2, -0.15) is 0 Å². The molecule has 0 N–H and O–H groups in total. The minimum atomic E-state index is 0.540. The second-order valence-corrected chi connectivity index (χ2v) is 8.61. The lowest BCUT2D eigenvalue weighted by atomic mass is 9.90. The van der Waals surface area contributed by atoms with Crippen LogP contribution in [0.4, 0.5) is 17.3 Å². The number of hydrogen-bond acceptors (Lipinski definition) is 3. The van der Waals surface area contributed by atoms with Crippen LogP contribution in [0.1, 0.15) is 40.7 Å². The van der Waals surface area contributed by atoms with E-state index in [-0.39, 0.29) is 0 Å². The molecular weight excluding hydrogens is 370 g/mol. The number of nitrogens with zero attached hydrogens (tertiary/aromatic N) is 1. The van der Waals surface area contributed by atoms with E-state index in [0.717, 1.165) is 41.1 Å². The summed E-state index contributed by atoms with van der Waals surface area (Å²) in [4.78, 5) is 2.30. The van der Waals surface area contributed by atoms with E-state index >= 15 is 0 Å². The molecule has 150 valence electrons. The summed E-state index contributed by atoms with van der Waals surface area (Å²) in [5, 5.41) is 1.05. The topological polar surface area (TPSA) is 25.6 Å². The molecule has 1 aromatic heterocycles. The highest BCUT2D eigenvalue weighted by Gasteiger charge is 2.31. The molecule has 1 aliphatic heterocycles. The molecule has 0 radical (unpaired) electrons. The second kappa shape index (κ2) is 6.66. The first-order valence-corrected chi connectivity index (χ1v) is 10.9. The molecule has 30 heavy (non-hydrogen) atoms. The third-order valence-electron chi connectivity index (χ3n) is 6.44. The van der Waals surface area contributed by atoms with E-state index < -0.39 is 0 Å².